The number of hydrogen-bond acceptors (Lipinski definition) is 10. The Kier molecular flexibility index (Phi) is 13.3. The Morgan fingerprint density at radius 2 is 1.80 bits per heavy atom. The molecule has 1 heterocycles. The molecule has 11 heteroatoms. The lowest BCUT2D eigenvalue weighted by Gasteiger charge is -2.58. The van der Waals surface area contributed by atoms with Crippen molar-refractivity contribution in [3.8, 4) is 17.2 Å². The molecule has 1 aliphatic heterocycles. The summed E-state index contributed by atoms with van der Waals surface area (Å²) in [7, 11) is 1.57. The van der Waals surface area contributed by atoms with E-state index in [1.165, 1.54) is 6.92 Å². The highest BCUT2D eigenvalue weighted by Crippen LogP contribution is 2.63. The van der Waals surface area contributed by atoms with Gasteiger partial charge in [-0.25, -0.2) is 0 Å². The number of unbranched alkanes of at least 4 members (excludes halogenated alkanes) is 2. The molecular weight excluding hydrogens is 705 g/mol. The third-order valence-corrected chi connectivity index (χ3v) is 11.8. The van der Waals surface area contributed by atoms with Crippen LogP contribution in [0.25, 0.3) is 0 Å². The number of hydrogen-bond donors (Lipinski definition) is 3. The van der Waals surface area contributed by atoms with Crippen LogP contribution in [0.15, 0.2) is 101 Å². The number of aliphatic hydroxyl groups is 2. The molecule has 3 N–H and O–H groups in total. The van der Waals surface area contributed by atoms with E-state index in [0.29, 0.717) is 47.8 Å². The maximum absolute atomic E-state index is 11.7. The van der Waals surface area contributed by atoms with Crippen LogP contribution in [0.5, 0.6) is 17.2 Å². The SMILES string of the molecule is C=CCO[C@@]12Oc3ccc(Oc4cccc(C=O)c4)cc3[C@H]3[C@H](CCCCO)[C@@H](CCCCO)C=C(C(=NOC)C[C@@H]1Sc1ccc(NC(C)=O)cc1)[C@H]32. The second-order valence-electron chi connectivity index (χ2n) is 14.0. The van der Waals surface area contributed by atoms with E-state index in [9.17, 15) is 19.8 Å². The monoisotopic (exact) mass is 754 g/mol. The first-order valence-corrected chi connectivity index (χ1v) is 19.6. The van der Waals surface area contributed by atoms with Gasteiger partial charge >= 0.3 is 0 Å². The van der Waals surface area contributed by atoms with Crippen LogP contribution >= 0.6 is 11.8 Å². The lowest BCUT2D eigenvalue weighted by molar-refractivity contribution is -0.223. The quantitative estimate of drug-likeness (QED) is 0.0507. The third-order valence-electron chi connectivity index (χ3n) is 10.5. The number of nitrogens with one attached hydrogen (secondary N) is 1. The van der Waals surface area contributed by atoms with Crippen molar-refractivity contribution in [2.24, 2.45) is 22.9 Å². The zero-order valence-corrected chi connectivity index (χ0v) is 31.8. The summed E-state index contributed by atoms with van der Waals surface area (Å²) in [5.74, 6) is 0.482. The molecule has 6 rings (SSSR count). The summed E-state index contributed by atoms with van der Waals surface area (Å²) in [6, 6.07) is 20.7. The van der Waals surface area contributed by atoms with E-state index in [-0.39, 0.29) is 54.6 Å². The first-order chi connectivity index (χ1) is 26.3. The van der Waals surface area contributed by atoms with Crippen LogP contribution < -0.4 is 14.8 Å². The lowest BCUT2D eigenvalue weighted by atomic mass is 9.56. The molecule has 0 radical (unpaired) electrons. The minimum atomic E-state index is -1.14. The molecule has 1 amide bonds. The van der Waals surface area contributed by atoms with Gasteiger partial charge < -0.3 is 34.6 Å². The van der Waals surface area contributed by atoms with E-state index in [1.807, 2.05) is 42.5 Å². The highest BCUT2D eigenvalue weighted by Gasteiger charge is 2.64. The topological polar surface area (TPSA) is 136 Å². The van der Waals surface area contributed by atoms with Gasteiger partial charge in [0.1, 0.15) is 30.6 Å². The number of oxime groups is 1. The van der Waals surface area contributed by atoms with Crippen molar-refractivity contribution in [3.05, 3.63) is 102 Å². The zero-order valence-electron chi connectivity index (χ0n) is 30.9. The Hall–Kier alpha value is -4.42. The Morgan fingerprint density at radius 1 is 1.04 bits per heavy atom. The second-order valence-corrected chi connectivity index (χ2v) is 15.3. The maximum Gasteiger partial charge on any atom is 0.231 e. The van der Waals surface area contributed by atoms with Crippen LogP contribution in [0.3, 0.4) is 0 Å². The molecular formula is C43H50N2O8S. The van der Waals surface area contributed by atoms with Gasteiger partial charge in [0.2, 0.25) is 11.7 Å². The summed E-state index contributed by atoms with van der Waals surface area (Å²) < 4.78 is 20.6. The first-order valence-electron chi connectivity index (χ1n) is 18.7. The summed E-state index contributed by atoms with van der Waals surface area (Å²) in [6.07, 6.45) is 10.2. The first kappa shape index (κ1) is 39.3. The average Bonchev–Trinajstić information content (AvgIpc) is 3.17. The number of allylic oxidation sites excluding steroid dienone is 1. The minimum Gasteiger partial charge on any atom is -0.460 e. The number of amides is 1. The number of rotatable bonds is 18. The third kappa shape index (κ3) is 8.60. The maximum atomic E-state index is 11.7. The molecule has 0 unspecified atom stereocenters. The fourth-order valence-corrected chi connectivity index (χ4v) is 9.66. The van der Waals surface area contributed by atoms with E-state index >= 15 is 0 Å². The van der Waals surface area contributed by atoms with Crippen molar-refractivity contribution < 1.29 is 38.9 Å². The van der Waals surface area contributed by atoms with Crippen molar-refractivity contribution in [2.45, 2.75) is 73.7 Å². The fraction of sp³-hybridized carbons (Fsp3) is 0.419. The Balaban J connectivity index is 1.52. The molecule has 3 aliphatic rings. The molecule has 1 saturated carbocycles. The molecule has 2 aliphatic carbocycles. The van der Waals surface area contributed by atoms with Crippen LogP contribution in [0, 0.1) is 17.8 Å². The van der Waals surface area contributed by atoms with Gasteiger partial charge in [-0.2, -0.15) is 0 Å². The van der Waals surface area contributed by atoms with Crippen LogP contribution in [-0.2, 0) is 14.4 Å². The summed E-state index contributed by atoms with van der Waals surface area (Å²) in [5, 5.41) is 26.8. The van der Waals surface area contributed by atoms with Crippen molar-refractivity contribution in [1.82, 2.24) is 0 Å². The standard InChI is InChI=1S/C43H50N2O8S/c1-4-22-51-43-40(54-34-17-14-31(15-18-34)44-28(2)49)26-38(45-50-3)36-24-30(11-5-7-20-46)35(13-6-8-21-47)41(42(36)43)37-25-33(16-19-39(37)53-43)52-32-12-9-10-29(23-32)27-48/h4,9-10,12,14-19,23-25,27,30,35,40-42,46-47H,1,5-8,11,13,20-22,26H2,2-3H3,(H,44,49)/t30-,35+,40-,41+,42+,43+/m0/s1. The van der Waals surface area contributed by atoms with E-state index < -0.39 is 5.79 Å². The smallest absolute Gasteiger partial charge is 0.231 e. The molecule has 3 aromatic carbocycles. The molecule has 10 nitrogen and oxygen atoms in total. The minimum absolute atomic E-state index is 0.103. The number of anilines is 1. The van der Waals surface area contributed by atoms with E-state index in [4.69, 9.17) is 19.0 Å². The van der Waals surface area contributed by atoms with Crippen LogP contribution in [0.1, 0.15) is 73.7 Å². The number of carbonyl (C=O) groups excluding carboxylic acids is 2. The van der Waals surface area contributed by atoms with E-state index in [2.05, 4.69) is 29.2 Å². The van der Waals surface area contributed by atoms with Crippen LogP contribution in [0.2, 0.25) is 0 Å². The number of thioether (sulfide) groups is 1. The molecule has 0 saturated heterocycles. The number of fused-ring (bicyclic) bond motifs is 2. The number of benzene rings is 3. The summed E-state index contributed by atoms with van der Waals surface area (Å²) in [6.45, 7) is 5.99. The van der Waals surface area contributed by atoms with Gasteiger partial charge in [0.25, 0.3) is 0 Å². The van der Waals surface area contributed by atoms with Crippen molar-refractivity contribution in [3.63, 3.8) is 0 Å². The van der Waals surface area contributed by atoms with Gasteiger partial charge in [-0.05, 0) is 97.7 Å². The Bertz CT molecular complexity index is 1850. The predicted octanol–water partition coefficient (Wildman–Crippen LogP) is 8.31. The van der Waals surface area contributed by atoms with Crippen molar-refractivity contribution in [2.75, 3.05) is 32.2 Å². The number of aldehydes is 1. The average molecular weight is 755 g/mol. The van der Waals surface area contributed by atoms with Crippen molar-refractivity contribution in [1.29, 1.82) is 0 Å². The normalized spacial score (nSPS) is 24.7. The molecule has 54 heavy (non-hydrogen) atoms. The highest BCUT2D eigenvalue weighted by atomic mass is 32.2. The number of aliphatic hydroxyl groups excluding tert-OH is 2. The van der Waals surface area contributed by atoms with Gasteiger partial charge in [-0.15, -0.1) is 18.3 Å². The number of ether oxygens (including phenoxy) is 3. The number of carbonyl (C=O) groups is 2. The van der Waals surface area contributed by atoms with Crippen LogP contribution in [0.4, 0.5) is 5.69 Å². The molecule has 3 aromatic rings. The fourth-order valence-electron chi connectivity index (χ4n) is 8.37. The van der Waals surface area contributed by atoms with Gasteiger partial charge in [-0.1, -0.05) is 42.3 Å². The molecule has 0 spiro atoms. The van der Waals surface area contributed by atoms with Crippen molar-refractivity contribution >= 4 is 35.4 Å². The second kappa shape index (κ2) is 18.3. The van der Waals surface area contributed by atoms with Gasteiger partial charge in [0, 0.05) is 54.2 Å². The molecule has 0 aromatic heterocycles. The van der Waals surface area contributed by atoms with E-state index in [1.54, 1.807) is 43.1 Å². The molecule has 286 valence electrons. The summed E-state index contributed by atoms with van der Waals surface area (Å²) in [5.41, 5.74) is 4.10. The molecule has 1 fully saturated rings. The predicted molar refractivity (Wildman–Crippen MR) is 210 cm³/mol. The van der Waals surface area contributed by atoms with E-state index in [0.717, 1.165) is 53.7 Å². The largest absolute Gasteiger partial charge is 0.460 e. The lowest BCUT2D eigenvalue weighted by Crippen LogP contribution is -2.64. The Labute approximate surface area is 321 Å². The highest BCUT2D eigenvalue weighted by molar-refractivity contribution is 8.00. The summed E-state index contributed by atoms with van der Waals surface area (Å²) >= 11 is 1.64. The number of nitrogens with zero attached hydrogens (tertiary/aromatic N) is 1. The summed E-state index contributed by atoms with van der Waals surface area (Å²) in [4.78, 5) is 29.8. The molecule has 6 atom stereocenters. The van der Waals surface area contributed by atoms with Gasteiger partial charge in [0.15, 0.2) is 0 Å². The zero-order chi connectivity index (χ0) is 38.1. The Morgan fingerprint density at radius 3 is 2.50 bits per heavy atom. The molecule has 0 bridgehead atoms. The van der Waals surface area contributed by atoms with Gasteiger partial charge in [-0.3, -0.25) is 9.59 Å². The van der Waals surface area contributed by atoms with Gasteiger partial charge in [0.05, 0.1) is 23.5 Å². The van der Waals surface area contributed by atoms with Crippen LogP contribution in [-0.4, -0.2) is 66.1 Å².